The lowest BCUT2D eigenvalue weighted by Crippen LogP contribution is -2.33. The van der Waals surface area contributed by atoms with Gasteiger partial charge in [-0.3, -0.25) is 0 Å². The first kappa shape index (κ1) is 12.0. The third-order valence-corrected chi connectivity index (χ3v) is 2.99. The van der Waals surface area contributed by atoms with E-state index in [2.05, 4.69) is 13.8 Å². The minimum absolute atomic E-state index is 0.00505. The molecule has 1 rings (SSSR count). The molecular weight excluding hydrogens is 180 g/mol. The van der Waals surface area contributed by atoms with Crippen molar-refractivity contribution in [2.45, 2.75) is 45.8 Å². The molecule has 0 aromatic heterocycles. The molecule has 0 heterocycles. The Morgan fingerprint density at radius 1 is 1.36 bits per heavy atom. The van der Waals surface area contributed by atoms with Crippen molar-refractivity contribution in [3.63, 3.8) is 0 Å². The number of ether oxygens (including phenoxy) is 2. The average molecular weight is 202 g/mol. The lowest BCUT2D eigenvalue weighted by atomic mass is 9.89. The molecule has 2 unspecified atom stereocenters. The summed E-state index contributed by atoms with van der Waals surface area (Å²) < 4.78 is 10.8. The van der Waals surface area contributed by atoms with Gasteiger partial charge in [-0.05, 0) is 25.2 Å². The van der Waals surface area contributed by atoms with Gasteiger partial charge in [0, 0.05) is 6.61 Å². The minimum Gasteiger partial charge on any atom is -0.390 e. The van der Waals surface area contributed by atoms with Gasteiger partial charge in [0.25, 0.3) is 0 Å². The molecule has 0 aromatic rings. The molecular formula is C11H22O3. The van der Waals surface area contributed by atoms with Crippen LogP contribution in [0.2, 0.25) is 0 Å². The van der Waals surface area contributed by atoms with E-state index in [9.17, 15) is 5.11 Å². The Morgan fingerprint density at radius 3 is 2.57 bits per heavy atom. The number of aliphatic hydroxyl groups excluding tert-OH is 1. The van der Waals surface area contributed by atoms with Gasteiger partial charge < -0.3 is 14.6 Å². The summed E-state index contributed by atoms with van der Waals surface area (Å²) in [7, 11) is 0. The zero-order chi connectivity index (χ0) is 10.6. The van der Waals surface area contributed by atoms with E-state index >= 15 is 0 Å². The molecule has 84 valence electrons. The van der Waals surface area contributed by atoms with Crippen LogP contribution >= 0.6 is 0 Å². The van der Waals surface area contributed by atoms with E-state index in [0.29, 0.717) is 13.2 Å². The van der Waals surface area contributed by atoms with Crippen LogP contribution in [0.1, 0.15) is 33.6 Å². The molecule has 0 saturated heterocycles. The summed E-state index contributed by atoms with van der Waals surface area (Å²) in [6, 6.07) is 0. The maximum absolute atomic E-state index is 9.91. The van der Waals surface area contributed by atoms with Crippen LogP contribution in [0.5, 0.6) is 0 Å². The standard InChI is InChI=1S/C11H22O3/c1-4-13-7-8-14-9-5-6-11(2,3)10(9)12/h9-10,12H,4-8H2,1-3H3. The monoisotopic (exact) mass is 202 g/mol. The topological polar surface area (TPSA) is 38.7 Å². The van der Waals surface area contributed by atoms with Crippen molar-refractivity contribution in [2.24, 2.45) is 5.41 Å². The van der Waals surface area contributed by atoms with Crippen LogP contribution in [0.15, 0.2) is 0 Å². The minimum atomic E-state index is -0.330. The van der Waals surface area contributed by atoms with Gasteiger partial charge in [0.2, 0.25) is 0 Å². The van der Waals surface area contributed by atoms with Gasteiger partial charge in [-0.1, -0.05) is 13.8 Å². The average Bonchev–Trinajstić information content (AvgIpc) is 2.39. The molecule has 0 bridgehead atoms. The Morgan fingerprint density at radius 2 is 2.07 bits per heavy atom. The van der Waals surface area contributed by atoms with Crippen molar-refractivity contribution in [3.8, 4) is 0 Å². The summed E-state index contributed by atoms with van der Waals surface area (Å²) in [5, 5.41) is 9.91. The number of rotatable bonds is 5. The molecule has 2 atom stereocenters. The molecule has 14 heavy (non-hydrogen) atoms. The van der Waals surface area contributed by atoms with Crippen LogP contribution in [0.3, 0.4) is 0 Å². The van der Waals surface area contributed by atoms with E-state index in [1.807, 2.05) is 6.92 Å². The van der Waals surface area contributed by atoms with Crippen molar-refractivity contribution in [2.75, 3.05) is 19.8 Å². The van der Waals surface area contributed by atoms with Gasteiger partial charge in [0.1, 0.15) is 0 Å². The molecule has 1 fully saturated rings. The Kier molecular flexibility index (Phi) is 4.35. The second kappa shape index (κ2) is 5.10. The predicted molar refractivity (Wildman–Crippen MR) is 55.3 cm³/mol. The smallest absolute Gasteiger partial charge is 0.0852 e. The van der Waals surface area contributed by atoms with Crippen LogP contribution in [-0.4, -0.2) is 37.1 Å². The van der Waals surface area contributed by atoms with Crippen molar-refractivity contribution in [1.82, 2.24) is 0 Å². The highest BCUT2D eigenvalue weighted by Crippen LogP contribution is 2.38. The molecule has 1 N–H and O–H groups in total. The Balaban J connectivity index is 2.20. The first-order valence-electron chi connectivity index (χ1n) is 5.45. The number of hydrogen-bond donors (Lipinski definition) is 1. The van der Waals surface area contributed by atoms with Gasteiger partial charge >= 0.3 is 0 Å². The molecule has 3 heteroatoms. The molecule has 0 radical (unpaired) electrons. The van der Waals surface area contributed by atoms with Crippen LogP contribution in [0, 0.1) is 5.41 Å². The van der Waals surface area contributed by atoms with Crippen molar-refractivity contribution in [3.05, 3.63) is 0 Å². The summed E-state index contributed by atoms with van der Waals surface area (Å²) in [6.07, 6.45) is 1.67. The maximum atomic E-state index is 9.91. The number of aliphatic hydroxyl groups is 1. The van der Waals surface area contributed by atoms with Crippen molar-refractivity contribution < 1.29 is 14.6 Å². The fourth-order valence-corrected chi connectivity index (χ4v) is 1.90. The fraction of sp³-hybridized carbons (Fsp3) is 1.00. The van der Waals surface area contributed by atoms with E-state index < -0.39 is 0 Å². The lowest BCUT2D eigenvalue weighted by Gasteiger charge is -2.25. The second-order valence-electron chi connectivity index (χ2n) is 4.58. The Hall–Kier alpha value is -0.120. The zero-order valence-corrected chi connectivity index (χ0v) is 9.45. The van der Waals surface area contributed by atoms with E-state index in [1.165, 1.54) is 0 Å². The summed E-state index contributed by atoms with van der Waals surface area (Å²) in [5.74, 6) is 0. The molecule has 0 aliphatic heterocycles. The number of hydrogen-bond acceptors (Lipinski definition) is 3. The van der Waals surface area contributed by atoms with E-state index in [1.54, 1.807) is 0 Å². The fourth-order valence-electron chi connectivity index (χ4n) is 1.90. The molecule has 3 nitrogen and oxygen atoms in total. The first-order chi connectivity index (χ1) is 6.58. The Bertz CT molecular complexity index is 168. The highest BCUT2D eigenvalue weighted by atomic mass is 16.5. The van der Waals surface area contributed by atoms with Gasteiger partial charge in [0.05, 0.1) is 25.4 Å². The second-order valence-corrected chi connectivity index (χ2v) is 4.58. The molecule has 0 aromatic carbocycles. The Labute approximate surface area is 86.4 Å². The predicted octanol–water partition coefficient (Wildman–Crippen LogP) is 1.59. The highest BCUT2D eigenvalue weighted by molar-refractivity contribution is 4.91. The summed E-state index contributed by atoms with van der Waals surface area (Å²) in [6.45, 7) is 8.08. The van der Waals surface area contributed by atoms with Crippen molar-refractivity contribution in [1.29, 1.82) is 0 Å². The van der Waals surface area contributed by atoms with Crippen LogP contribution in [-0.2, 0) is 9.47 Å². The SMILES string of the molecule is CCOCCOC1CCC(C)(C)C1O. The van der Waals surface area contributed by atoms with Crippen LogP contribution < -0.4 is 0 Å². The van der Waals surface area contributed by atoms with E-state index in [0.717, 1.165) is 19.4 Å². The maximum Gasteiger partial charge on any atom is 0.0852 e. The molecule has 1 aliphatic carbocycles. The van der Waals surface area contributed by atoms with Crippen LogP contribution in [0.25, 0.3) is 0 Å². The normalized spacial score (nSPS) is 30.9. The summed E-state index contributed by atoms with van der Waals surface area (Å²) >= 11 is 0. The first-order valence-corrected chi connectivity index (χ1v) is 5.45. The third kappa shape index (κ3) is 2.94. The summed E-state index contributed by atoms with van der Waals surface area (Å²) in [4.78, 5) is 0. The van der Waals surface area contributed by atoms with Gasteiger partial charge in [-0.2, -0.15) is 0 Å². The zero-order valence-electron chi connectivity index (χ0n) is 9.45. The van der Waals surface area contributed by atoms with Gasteiger partial charge in [-0.25, -0.2) is 0 Å². The molecule has 0 spiro atoms. The summed E-state index contributed by atoms with van der Waals surface area (Å²) in [5.41, 5.74) is 0.0102. The van der Waals surface area contributed by atoms with Crippen molar-refractivity contribution >= 4 is 0 Å². The molecule has 1 saturated carbocycles. The van der Waals surface area contributed by atoms with Gasteiger partial charge in [0.15, 0.2) is 0 Å². The molecule has 1 aliphatic rings. The largest absolute Gasteiger partial charge is 0.390 e. The third-order valence-electron chi connectivity index (χ3n) is 2.99. The van der Waals surface area contributed by atoms with Gasteiger partial charge in [-0.15, -0.1) is 0 Å². The van der Waals surface area contributed by atoms with E-state index in [4.69, 9.17) is 9.47 Å². The molecule has 0 amide bonds. The van der Waals surface area contributed by atoms with Crippen LogP contribution in [0.4, 0.5) is 0 Å². The quantitative estimate of drug-likeness (QED) is 0.688. The lowest BCUT2D eigenvalue weighted by molar-refractivity contribution is -0.0634. The highest BCUT2D eigenvalue weighted by Gasteiger charge is 2.41. The van der Waals surface area contributed by atoms with E-state index in [-0.39, 0.29) is 17.6 Å².